The fourth-order valence-electron chi connectivity index (χ4n) is 1.18. The minimum Gasteiger partial charge on any atom is -0.312 e. The maximum atomic E-state index is 3.99. The Kier molecular flexibility index (Phi) is 4.60. The van der Waals surface area contributed by atoms with Crippen LogP contribution in [0.2, 0.25) is 0 Å². The average Bonchev–Trinajstić information content (AvgIpc) is 2.19. The quantitative estimate of drug-likeness (QED) is 0.775. The first-order valence-electron chi connectivity index (χ1n) is 5.29. The summed E-state index contributed by atoms with van der Waals surface area (Å²) in [6.45, 7) is 8.83. The monoisotopic (exact) mass is 192 g/mol. The van der Waals surface area contributed by atoms with E-state index in [4.69, 9.17) is 0 Å². The van der Waals surface area contributed by atoms with Crippen LogP contribution < -0.4 is 5.32 Å². The Bertz CT molecular complexity index is 244. The third-order valence-corrected chi connectivity index (χ3v) is 2.68. The van der Waals surface area contributed by atoms with E-state index in [1.807, 2.05) is 24.5 Å². The molecular weight excluding hydrogens is 172 g/mol. The van der Waals surface area contributed by atoms with Crippen LogP contribution in [0.5, 0.6) is 0 Å². The number of pyridine rings is 1. The number of rotatable bonds is 5. The zero-order valence-electron chi connectivity index (χ0n) is 9.33. The first-order valence-corrected chi connectivity index (χ1v) is 5.29. The molecule has 0 aliphatic carbocycles. The highest BCUT2D eigenvalue weighted by atomic mass is 14.9. The molecule has 1 aromatic heterocycles. The third kappa shape index (κ3) is 3.88. The summed E-state index contributed by atoms with van der Waals surface area (Å²) in [6.07, 6.45) is 3.67. The molecule has 0 aromatic carbocycles. The molecule has 1 aromatic rings. The molecule has 2 heteroatoms. The highest BCUT2D eigenvalue weighted by Crippen LogP contribution is 2.07. The molecule has 0 aliphatic rings. The Labute approximate surface area is 86.8 Å². The zero-order valence-corrected chi connectivity index (χ0v) is 9.33. The zero-order chi connectivity index (χ0) is 10.4. The highest BCUT2D eigenvalue weighted by Gasteiger charge is 2.05. The van der Waals surface area contributed by atoms with Gasteiger partial charge in [-0.15, -0.1) is 0 Å². The van der Waals surface area contributed by atoms with Crippen molar-refractivity contribution in [3.63, 3.8) is 0 Å². The van der Waals surface area contributed by atoms with Crippen molar-refractivity contribution in [3.05, 3.63) is 30.1 Å². The molecule has 0 fully saturated rings. The Balaban J connectivity index is 2.22. The van der Waals surface area contributed by atoms with Crippen molar-refractivity contribution in [1.82, 2.24) is 10.3 Å². The van der Waals surface area contributed by atoms with E-state index < -0.39 is 0 Å². The smallest absolute Gasteiger partial charge is 0.0271 e. The summed E-state index contributed by atoms with van der Waals surface area (Å²) in [6, 6.07) is 4.10. The molecule has 0 aliphatic heterocycles. The molecule has 2 nitrogen and oxygen atoms in total. The summed E-state index contributed by atoms with van der Waals surface area (Å²) in [7, 11) is 0. The van der Waals surface area contributed by atoms with Gasteiger partial charge in [-0.3, -0.25) is 4.98 Å². The molecule has 1 unspecified atom stereocenters. The molecule has 78 valence electrons. The van der Waals surface area contributed by atoms with Crippen LogP contribution >= 0.6 is 0 Å². The van der Waals surface area contributed by atoms with Crippen LogP contribution in [0.3, 0.4) is 0 Å². The number of nitrogens with zero attached hydrogens (tertiary/aromatic N) is 1. The van der Waals surface area contributed by atoms with E-state index in [-0.39, 0.29) is 0 Å². The molecule has 14 heavy (non-hydrogen) atoms. The topological polar surface area (TPSA) is 24.9 Å². The van der Waals surface area contributed by atoms with E-state index in [0.29, 0.717) is 0 Å². The molecule has 1 rings (SSSR count). The molecule has 1 heterocycles. The predicted molar refractivity (Wildman–Crippen MR) is 59.9 cm³/mol. The van der Waals surface area contributed by atoms with Gasteiger partial charge in [0.15, 0.2) is 0 Å². The van der Waals surface area contributed by atoms with Gasteiger partial charge in [0.1, 0.15) is 0 Å². The summed E-state index contributed by atoms with van der Waals surface area (Å²) >= 11 is 0. The normalized spacial score (nSPS) is 13.1. The summed E-state index contributed by atoms with van der Waals surface area (Å²) < 4.78 is 0. The molecule has 0 spiro atoms. The van der Waals surface area contributed by atoms with E-state index >= 15 is 0 Å². The number of aromatic nitrogens is 1. The van der Waals surface area contributed by atoms with Crippen molar-refractivity contribution >= 4 is 0 Å². The summed E-state index contributed by atoms with van der Waals surface area (Å²) in [5.41, 5.74) is 1.30. The lowest BCUT2D eigenvalue weighted by molar-refractivity contribution is 0.392. The molecule has 1 atom stereocenters. The Morgan fingerprint density at radius 3 is 2.43 bits per heavy atom. The van der Waals surface area contributed by atoms with Gasteiger partial charge in [0.25, 0.3) is 0 Å². The van der Waals surface area contributed by atoms with Gasteiger partial charge in [0, 0.05) is 18.9 Å². The molecule has 0 radical (unpaired) electrons. The van der Waals surface area contributed by atoms with Gasteiger partial charge >= 0.3 is 0 Å². The van der Waals surface area contributed by atoms with Crippen LogP contribution in [-0.4, -0.2) is 11.5 Å². The van der Waals surface area contributed by atoms with Gasteiger partial charge in [-0.1, -0.05) is 20.8 Å². The van der Waals surface area contributed by atoms with E-state index in [1.165, 1.54) is 5.56 Å². The standard InChI is InChI=1S/C12H20N2/c1-10(2)11(3)8-14-9-12-4-6-13-7-5-12/h4-7,10-11,14H,8-9H2,1-3H3. The minimum absolute atomic E-state index is 0.733. The number of hydrogen-bond donors (Lipinski definition) is 1. The second kappa shape index (κ2) is 5.76. The van der Waals surface area contributed by atoms with Crippen molar-refractivity contribution in [1.29, 1.82) is 0 Å². The van der Waals surface area contributed by atoms with Crippen LogP contribution in [0.25, 0.3) is 0 Å². The fourth-order valence-corrected chi connectivity index (χ4v) is 1.18. The number of hydrogen-bond acceptors (Lipinski definition) is 2. The van der Waals surface area contributed by atoms with Gasteiger partial charge in [-0.25, -0.2) is 0 Å². The maximum absolute atomic E-state index is 3.99. The Morgan fingerprint density at radius 2 is 1.86 bits per heavy atom. The summed E-state index contributed by atoms with van der Waals surface area (Å²) in [5, 5.41) is 3.46. The van der Waals surface area contributed by atoms with E-state index in [0.717, 1.165) is 24.9 Å². The molecule has 0 saturated heterocycles. The fraction of sp³-hybridized carbons (Fsp3) is 0.583. The predicted octanol–water partition coefficient (Wildman–Crippen LogP) is 2.46. The first-order chi connectivity index (χ1) is 6.70. The molecule has 1 N–H and O–H groups in total. The Hall–Kier alpha value is -0.890. The van der Waals surface area contributed by atoms with Crippen molar-refractivity contribution in [2.45, 2.75) is 27.3 Å². The lowest BCUT2D eigenvalue weighted by Gasteiger charge is -2.15. The maximum Gasteiger partial charge on any atom is 0.0271 e. The SMILES string of the molecule is CC(C)C(C)CNCc1ccncc1. The van der Waals surface area contributed by atoms with Crippen LogP contribution in [0, 0.1) is 11.8 Å². The van der Waals surface area contributed by atoms with Gasteiger partial charge in [0.2, 0.25) is 0 Å². The van der Waals surface area contributed by atoms with Crippen molar-refractivity contribution in [2.24, 2.45) is 11.8 Å². The van der Waals surface area contributed by atoms with Gasteiger partial charge in [-0.05, 0) is 36.1 Å². The van der Waals surface area contributed by atoms with Crippen LogP contribution in [0.15, 0.2) is 24.5 Å². The van der Waals surface area contributed by atoms with E-state index in [2.05, 4.69) is 31.1 Å². The van der Waals surface area contributed by atoms with Crippen molar-refractivity contribution in [2.75, 3.05) is 6.54 Å². The van der Waals surface area contributed by atoms with Crippen LogP contribution in [-0.2, 0) is 6.54 Å². The summed E-state index contributed by atoms with van der Waals surface area (Å²) in [4.78, 5) is 3.99. The lowest BCUT2D eigenvalue weighted by Crippen LogP contribution is -2.23. The van der Waals surface area contributed by atoms with Crippen LogP contribution in [0.1, 0.15) is 26.3 Å². The minimum atomic E-state index is 0.733. The molecule has 0 saturated carbocycles. The van der Waals surface area contributed by atoms with E-state index in [1.54, 1.807) is 0 Å². The molecule has 0 bridgehead atoms. The second-order valence-corrected chi connectivity index (χ2v) is 4.21. The highest BCUT2D eigenvalue weighted by molar-refractivity contribution is 5.08. The van der Waals surface area contributed by atoms with Crippen molar-refractivity contribution in [3.8, 4) is 0 Å². The van der Waals surface area contributed by atoms with E-state index in [9.17, 15) is 0 Å². The molecule has 0 amide bonds. The largest absolute Gasteiger partial charge is 0.312 e. The lowest BCUT2D eigenvalue weighted by atomic mass is 9.98. The van der Waals surface area contributed by atoms with Gasteiger partial charge in [-0.2, -0.15) is 0 Å². The first kappa shape index (κ1) is 11.2. The van der Waals surface area contributed by atoms with Gasteiger partial charge in [0.05, 0.1) is 0 Å². The van der Waals surface area contributed by atoms with Crippen molar-refractivity contribution < 1.29 is 0 Å². The second-order valence-electron chi connectivity index (χ2n) is 4.21. The third-order valence-electron chi connectivity index (χ3n) is 2.68. The average molecular weight is 192 g/mol. The van der Waals surface area contributed by atoms with Crippen LogP contribution in [0.4, 0.5) is 0 Å². The Morgan fingerprint density at radius 1 is 1.21 bits per heavy atom. The van der Waals surface area contributed by atoms with Gasteiger partial charge < -0.3 is 5.32 Å². The summed E-state index contributed by atoms with van der Waals surface area (Å²) in [5.74, 6) is 1.48. The molecular formula is C12H20N2. The number of nitrogens with one attached hydrogen (secondary N) is 1.